The van der Waals surface area contributed by atoms with Gasteiger partial charge in [0.2, 0.25) is 0 Å². The first-order valence-corrected chi connectivity index (χ1v) is 5.80. The van der Waals surface area contributed by atoms with Crippen molar-refractivity contribution in [1.82, 2.24) is 15.3 Å². The topological polar surface area (TPSA) is 49.9 Å². The lowest BCUT2D eigenvalue weighted by atomic mass is 10.1. The highest BCUT2D eigenvalue weighted by Crippen LogP contribution is 2.25. The molecule has 2 atom stereocenters. The second-order valence-corrected chi connectivity index (χ2v) is 4.80. The van der Waals surface area contributed by atoms with Crippen LogP contribution in [0.3, 0.4) is 0 Å². The summed E-state index contributed by atoms with van der Waals surface area (Å²) in [6, 6.07) is 0.374. The summed E-state index contributed by atoms with van der Waals surface area (Å²) in [5, 5.41) is 3.44. The Balaban J connectivity index is 1.95. The molecular formula is C9H14IN3O. The number of H-pyrrole nitrogens is 1. The second-order valence-electron chi connectivity index (χ2n) is 3.63. The molecule has 0 saturated carbocycles. The average Bonchev–Trinajstić information content (AvgIpc) is 2.74. The lowest BCUT2D eigenvalue weighted by Gasteiger charge is -2.06. The number of nitrogens with one attached hydrogen (secondary N) is 2. The molecule has 0 aromatic carbocycles. The van der Waals surface area contributed by atoms with Crippen LogP contribution in [0, 0.1) is 9.62 Å². The quantitative estimate of drug-likeness (QED) is 0.828. The van der Waals surface area contributed by atoms with Crippen LogP contribution in [0.1, 0.15) is 18.3 Å². The molecule has 1 saturated heterocycles. The van der Waals surface area contributed by atoms with Gasteiger partial charge in [-0.25, -0.2) is 4.98 Å². The largest absolute Gasteiger partial charge is 0.384 e. The fourth-order valence-electron chi connectivity index (χ4n) is 1.87. The summed E-state index contributed by atoms with van der Waals surface area (Å²) in [6.45, 7) is 1.86. The van der Waals surface area contributed by atoms with E-state index in [0.717, 1.165) is 29.1 Å². The molecule has 1 fully saturated rings. The maximum absolute atomic E-state index is 5.14. The molecule has 2 rings (SSSR count). The van der Waals surface area contributed by atoms with Crippen LogP contribution >= 0.6 is 22.6 Å². The average molecular weight is 307 g/mol. The van der Waals surface area contributed by atoms with Crippen molar-refractivity contribution in [3.63, 3.8) is 0 Å². The smallest absolute Gasteiger partial charge is 0.124 e. The number of aromatic nitrogens is 2. The van der Waals surface area contributed by atoms with Gasteiger partial charge < -0.3 is 15.0 Å². The van der Waals surface area contributed by atoms with Crippen molar-refractivity contribution in [1.29, 1.82) is 0 Å². The first-order chi connectivity index (χ1) is 6.79. The number of imidazole rings is 1. The van der Waals surface area contributed by atoms with Gasteiger partial charge in [-0.2, -0.15) is 0 Å². The third-order valence-electron chi connectivity index (χ3n) is 2.52. The zero-order chi connectivity index (χ0) is 9.97. The van der Waals surface area contributed by atoms with Gasteiger partial charge in [0.25, 0.3) is 0 Å². The van der Waals surface area contributed by atoms with Crippen LogP contribution in [0.25, 0.3) is 0 Å². The van der Waals surface area contributed by atoms with E-state index in [1.165, 1.54) is 0 Å². The normalized spacial score (nSPS) is 27.0. The molecule has 2 heterocycles. The van der Waals surface area contributed by atoms with Crippen LogP contribution in [0.4, 0.5) is 0 Å². The summed E-state index contributed by atoms with van der Waals surface area (Å²) in [4.78, 5) is 7.58. The van der Waals surface area contributed by atoms with Crippen LogP contribution in [0.2, 0.25) is 0 Å². The molecule has 1 aromatic rings. The molecule has 0 aliphatic carbocycles. The van der Waals surface area contributed by atoms with Gasteiger partial charge in [0.15, 0.2) is 0 Å². The minimum atomic E-state index is 0.374. The predicted octanol–water partition coefficient (Wildman–Crippen LogP) is 1.31. The Kier molecular flexibility index (Phi) is 3.40. The van der Waals surface area contributed by atoms with E-state index in [2.05, 4.69) is 37.9 Å². The number of ether oxygens (including phenoxy) is 1. The maximum atomic E-state index is 5.14. The standard InChI is InChI=1S/C9H14IN3O/c1-14-5-6-2-7(11-3-6)9-12-4-8(10)13-9/h4,6-7,11H,2-3,5H2,1H3,(H,12,13)/t6?,7-/m0/s1. The molecular weight excluding hydrogens is 293 g/mol. The molecule has 5 heteroatoms. The van der Waals surface area contributed by atoms with Gasteiger partial charge in [-0.05, 0) is 34.9 Å². The lowest BCUT2D eigenvalue weighted by molar-refractivity contribution is 0.159. The number of methoxy groups -OCH3 is 1. The van der Waals surface area contributed by atoms with Crippen LogP contribution in [0.5, 0.6) is 0 Å². The van der Waals surface area contributed by atoms with E-state index < -0.39 is 0 Å². The molecule has 1 aliphatic rings. The van der Waals surface area contributed by atoms with Crippen molar-refractivity contribution in [3.8, 4) is 0 Å². The van der Waals surface area contributed by atoms with Gasteiger partial charge >= 0.3 is 0 Å². The first kappa shape index (κ1) is 10.4. The Morgan fingerprint density at radius 1 is 1.71 bits per heavy atom. The van der Waals surface area contributed by atoms with E-state index in [1.807, 2.05) is 6.20 Å². The van der Waals surface area contributed by atoms with E-state index in [-0.39, 0.29) is 0 Å². The highest BCUT2D eigenvalue weighted by Gasteiger charge is 2.26. The number of halogens is 1. The predicted molar refractivity (Wildman–Crippen MR) is 62.0 cm³/mol. The summed E-state index contributed by atoms with van der Waals surface area (Å²) in [5.41, 5.74) is 0. The number of hydrogen-bond donors (Lipinski definition) is 2. The summed E-state index contributed by atoms with van der Waals surface area (Å²) in [5.74, 6) is 1.67. The summed E-state index contributed by atoms with van der Waals surface area (Å²) < 4.78 is 6.24. The van der Waals surface area contributed by atoms with Gasteiger partial charge in [-0.1, -0.05) is 0 Å². The third kappa shape index (κ3) is 2.26. The molecule has 1 aliphatic heterocycles. The summed E-state index contributed by atoms with van der Waals surface area (Å²) in [6.07, 6.45) is 2.97. The van der Waals surface area contributed by atoms with Crippen molar-refractivity contribution >= 4 is 22.6 Å². The molecule has 14 heavy (non-hydrogen) atoms. The van der Waals surface area contributed by atoms with Crippen molar-refractivity contribution in [2.75, 3.05) is 20.3 Å². The molecule has 0 spiro atoms. The number of aromatic amines is 1. The number of nitrogens with zero attached hydrogens (tertiary/aromatic N) is 1. The minimum absolute atomic E-state index is 0.374. The van der Waals surface area contributed by atoms with Crippen molar-refractivity contribution < 1.29 is 4.74 Å². The van der Waals surface area contributed by atoms with Crippen molar-refractivity contribution in [3.05, 3.63) is 15.7 Å². The van der Waals surface area contributed by atoms with E-state index in [0.29, 0.717) is 12.0 Å². The highest BCUT2D eigenvalue weighted by atomic mass is 127. The Morgan fingerprint density at radius 3 is 3.21 bits per heavy atom. The number of hydrogen-bond acceptors (Lipinski definition) is 3. The second kappa shape index (κ2) is 4.59. The Labute approximate surface area is 97.0 Å². The Morgan fingerprint density at radius 2 is 2.57 bits per heavy atom. The highest BCUT2D eigenvalue weighted by molar-refractivity contribution is 14.1. The van der Waals surface area contributed by atoms with E-state index in [9.17, 15) is 0 Å². The van der Waals surface area contributed by atoms with E-state index >= 15 is 0 Å². The van der Waals surface area contributed by atoms with Gasteiger partial charge in [-0.3, -0.25) is 0 Å². The van der Waals surface area contributed by atoms with Gasteiger partial charge in [0.1, 0.15) is 5.82 Å². The number of rotatable bonds is 3. The molecule has 1 unspecified atom stereocenters. The van der Waals surface area contributed by atoms with Gasteiger partial charge in [-0.15, -0.1) is 0 Å². The van der Waals surface area contributed by atoms with E-state index in [1.54, 1.807) is 7.11 Å². The SMILES string of the molecule is COCC1CN[C@H](c2ncc(I)[nH]2)C1. The molecule has 0 amide bonds. The Bertz CT molecular complexity index is 302. The van der Waals surface area contributed by atoms with E-state index in [4.69, 9.17) is 4.74 Å². The van der Waals surface area contributed by atoms with Gasteiger partial charge in [0, 0.05) is 13.7 Å². The zero-order valence-corrected chi connectivity index (χ0v) is 10.2. The fourth-order valence-corrected chi connectivity index (χ4v) is 2.29. The lowest BCUT2D eigenvalue weighted by Crippen LogP contribution is -2.15. The zero-order valence-electron chi connectivity index (χ0n) is 8.09. The Hall–Kier alpha value is -0.140. The molecule has 0 bridgehead atoms. The maximum Gasteiger partial charge on any atom is 0.124 e. The molecule has 4 nitrogen and oxygen atoms in total. The van der Waals surface area contributed by atoms with Crippen LogP contribution in [0.15, 0.2) is 6.20 Å². The fraction of sp³-hybridized carbons (Fsp3) is 0.667. The van der Waals surface area contributed by atoms with Crippen molar-refractivity contribution in [2.24, 2.45) is 5.92 Å². The van der Waals surface area contributed by atoms with Crippen LogP contribution < -0.4 is 5.32 Å². The molecule has 0 radical (unpaired) electrons. The summed E-state index contributed by atoms with van der Waals surface area (Å²) in [7, 11) is 1.75. The van der Waals surface area contributed by atoms with Gasteiger partial charge in [0.05, 0.1) is 22.5 Å². The van der Waals surface area contributed by atoms with Crippen molar-refractivity contribution in [2.45, 2.75) is 12.5 Å². The molecule has 78 valence electrons. The minimum Gasteiger partial charge on any atom is -0.384 e. The molecule has 1 aromatic heterocycles. The monoisotopic (exact) mass is 307 g/mol. The van der Waals surface area contributed by atoms with Crippen LogP contribution in [-0.2, 0) is 4.74 Å². The van der Waals surface area contributed by atoms with Crippen LogP contribution in [-0.4, -0.2) is 30.2 Å². The molecule has 2 N–H and O–H groups in total. The third-order valence-corrected chi connectivity index (χ3v) is 3.07. The first-order valence-electron chi connectivity index (χ1n) is 4.72. The summed E-state index contributed by atoms with van der Waals surface area (Å²) >= 11 is 2.24.